The lowest BCUT2D eigenvalue weighted by molar-refractivity contribution is 0.588. The number of nitrogens with two attached hydrogens (primary N) is 2. The Hall–Kier alpha value is -4.32. The van der Waals surface area contributed by atoms with Crippen LogP contribution in [0.25, 0.3) is 27.7 Å². The Kier molecular flexibility index (Phi) is 8.24. The molecule has 0 spiro atoms. The fourth-order valence-corrected chi connectivity index (χ4v) is 4.92. The van der Waals surface area contributed by atoms with E-state index >= 15 is 0 Å². The first-order chi connectivity index (χ1) is 18.7. The van der Waals surface area contributed by atoms with Crippen molar-refractivity contribution in [2.45, 2.75) is 18.2 Å². The van der Waals surface area contributed by atoms with Gasteiger partial charge in [-0.3, -0.25) is 9.36 Å². The molecule has 0 unspecified atom stereocenters. The van der Waals surface area contributed by atoms with Crippen molar-refractivity contribution in [3.63, 3.8) is 0 Å². The van der Waals surface area contributed by atoms with Crippen LogP contribution < -0.4 is 21.7 Å². The van der Waals surface area contributed by atoms with Crippen LogP contribution in [0.15, 0.2) is 88.7 Å². The molecule has 12 heteroatoms. The summed E-state index contributed by atoms with van der Waals surface area (Å²) >= 11 is 6.16. The summed E-state index contributed by atoms with van der Waals surface area (Å²) in [6.07, 6.45) is 2.13. The Morgan fingerprint density at radius 1 is 0.974 bits per heavy atom. The number of aromatic nitrogens is 4. The van der Waals surface area contributed by atoms with E-state index < -0.39 is 10.0 Å². The van der Waals surface area contributed by atoms with Crippen LogP contribution in [0.3, 0.4) is 0 Å². The largest absolute Gasteiger partial charge is 0.383 e. The molecule has 0 amide bonds. The van der Waals surface area contributed by atoms with E-state index in [1.54, 1.807) is 22.8 Å². The Bertz CT molecular complexity index is 1810. The molecule has 5 rings (SSSR count). The van der Waals surface area contributed by atoms with Gasteiger partial charge in [0.15, 0.2) is 0 Å². The summed E-state index contributed by atoms with van der Waals surface area (Å²) in [7, 11) is -2.16. The summed E-state index contributed by atoms with van der Waals surface area (Å²) in [5, 5.41) is 0.905. The number of para-hydroxylation sites is 1. The molecule has 0 fully saturated rings. The van der Waals surface area contributed by atoms with Gasteiger partial charge in [0, 0.05) is 18.2 Å². The summed E-state index contributed by atoms with van der Waals surface area (Å²) in [5.74, 6) is 1.00. The second-order valence-corrected chi connectivity index (χ2v) is 10.5. The molecule has 0 saturated carbocycles. The second kappa shape index (κ2) is 11.6. The van der Waals surface area contributed by atoms with Gasteiger partial charge in [-0.2, -0.15) is 4.98 Å². The van der Waals surface area contributed by atoms with Gasteiger partial charge in [-0.1, -0.05) is 54.9 Å². The van der Waals surface area contributed by atoms with Gasteiger partial charge in [0.1, 0.15) is 11.6 Å². The van der Waals surface area contributed by atoms with E-state index in [1.165, 1.54) is 25.4 Å². The topological polar surface area (TPSA) is 159 Å². The average Bonchev–Trinajstić information content (AvgIpc) is 2.93. The fourth-order valence-electron chi connectivity index (χ4n) is 3.90. The number of fused-ring (bicyclic) bond motifs is 1. The van der Waals surface area contributed by atoms with Crippen LogP contribution in [-0.2, 0) is 16.4 Å². The van der Waals surface area contributed by atoms with Gasteiger partial charge in [-0.25, -0.2) is 23.1 Å². The fraction of sp³-hybridized carbons (Fsp3) is 0.111. The zero-order chi connectivity index (χ0) is 28.2. The first kappa shape index (κ1) is 27.7. The monoisotopic (exact) mass is 563 g/mol. The molecule has 2 aromatic heterocycles. The van der Waals surface area contributed by atoms with Gasteiger partial charge in [0.2, 0.25) is 16.0 Å². The predicted octanol–water partition coefficient (Wildman–Crippen LogP) is 3.82. The number of nitrogen functional groups attached to an aromatic ring is 2. The lowest BCUT2D eigenvalue weighted by Gasteiger charge is -2.12. The molecule has 39 heavy (non-hydrogen) atoms. The first-order valence-corrected chi connectivity index (χ1v) is 13.7. The van der Waals surface area contributed by atoms with Crippen molar-refractivity contribution in [2.75, 3.05) is 18.5 Å². The Labute approximate surface area is 230 Å². The number of aryl methyl sites for hydroxylation is 1. The molecule has 0 bridgehead atoms. The Balaban J connectivity index is 0.000000181. The zero-order valence-corrected chi connectivity index (χ0v) is 22.7. The Morgan fingerprint density at radius 3 is 2.36 bits per heavy atom. The summed E-state index contributed by atoms with van der Waals surface area (Å²) in [6.45, 7) is 1.98. The Morgan fingerprint density at radius 2 is 1.69 bits per heavy atom. The van der Waals surface area contributed by atoms with E-state index in [1.807, 2.05) is 49.4 Å². The van der Waals surface area contributed by atoms with Crippen molar-refractivity contribution in [1.29, 1.82) is 0 Å². The molecule has 2 heterocycles. The average molecular weight is 564 g/mol. The van der Waals surface area contributed by atoms with E-state index in [2.05, 4.69) is 19.7 Å². The maximum Gasteiger partial charge on any atom is 0.267 e. The molecular weight excluding hydrogens is 538 g/mol. The number of nitrogens with zero attached hydrogens (tertiary/aromatic N) is 4. The minimum Gasteiger partial charge on any atom is -0.383 e. The van der Waals surface area contributed by atoms with Gasteiger partial charge in [-0.05, 0) is 49.0 Å². The van der Waals surface area contributed by atoms with Gasteiger partial charge >= 0.3 is 0 Å². The first-order valence-electron chi connectivity index (χ1n) is 11.8. The number of sulfonamides is 1. The highest BCUT2D eigenvalue weighted by Gasteiger charge is 2.14. The molecular formula is C27H26ClN7O3S. The van der Waals surface area contributed by atoms with Crippen LogP contribution in [0.1, 0.15) is 12.7 Å². The molecule has 5 aromatic rings. The van der Waals surface area contributed by atoms with Gasteiger partial charge in [0.25, 0.3) is 5.56 Å². The number of hydrogen-bond donors (Lipinski definition) is 3. The molecule has 0 radical (unpaired) electrons. The normalized spacial score (nSPS) is 11.2. The summed E-state index contributed by atoms with van der Waals surface area (Å²) in [4.78, 5) is 25.2. The highest BCUT2D eigenvalue weighted by Crippen LogP contribution is 2.26. The minimum atomic E-state index is -3.51. The summed E-state index contributed by atoms with van der Waals surface area (Å²) in [5.41, 5.74) is 13.6. The third kappa shape index (κ3) is 5.90. The van der Waals surface area contributed by atoms with Crippen LogP contribution in [0.2, 0.25) is 5.02 Å². The quantitative estimate of drug-likeness (QED) is 0.291. The molecule has 10 nitrogen and oxygen atoms in total. The lowest BCUT2D eigenvalue weighted by Crippen LogP contribution is -2.23. The SMILES string of the molecule is CCc1nc2cccc(Cl)c2c(=O)n1-c1ccccc1.CNS(=O)(=O)c1cccc(-c2cnc(N)nc2N)c1. The van der Waals surface area contributed by atoms with Crippen LogP contribution in [0.5, 0.6) is 0 Å². The van der Waals surface area contributed by atoms with Crippen molar-refractivity contribution >= 4 is 44.3 Å². The van der Waals surface area contributed by atoms with Gasteiger partial charge in [0.05, 0.1) is 26.5 Å². The van der Waals surface area contributed by atoms with E-state index in [9.17, 15) is 13.2 Å². The van der Waals surface area contributed by atoms with Crippen LogP contribution in [0.4, 0.5) is 11.8 Å². The minimum absolute atomic E-state index is 0.0697. The number of benzene rings is 3. The van der Waals surface area contributed by atoms with Gasteiger partial charge < -0.3 is 11.5 Å². The molecule has 0 aliphatic heterocycles. The third-order valence-electron chi connectivity index (χ3n) is 5.81. The molecule has 200 valence electrons. The van der Waals surface area contributed by atoms with E-state index in [-0.39, 0.29) is 22.2 Å². The van der Waals surface area contributed by atoms with Crippen molar-refractivity contribution < 1.29 is 8.42 Å². The predicted molar refractivity (Wildman–Crippen MR) is 154 cm³/mol. The third-order valence-corrected chi connectivity index (χ3v) is 7.53. The van der Waals surface area contributed by atoms with Crippen LogP contribution >= 0.6 is 11.6 Å². The second-order valence-electron chi connectivity index (χ2n) is 8.25. The van der Waals surface area contributed by atoms with Crippen molar-refractivity contribution in [3.05, 3.63) is 100 Å². The molecule has 3 aromatic carbocycles. The van der Waals surface area contributed by atoms with E-state index in [4.69, 9.17) is 23.1 Å². The highest BCUT2D eigenvalue weighted by molar-refractivity contribution is 7.89. The number of anilines is 2. The molecule has 0 atom stereocenters. The molecule has 0 aliphatic carbocycles. The summed E-state index contributed by atoms with van der Waals surface area (Å²) < 4.78 is 27.3. The molecule has 5 N–H and O–H groups in total. The summed E-state index contributed by atoms with van der Waals surface area (Å²) in [6, 6.07) is 21.2. The van der Waals surface area contributed by atoms with Crippen molar-refractivity contribution in [1.82, 2.24) is 24.2 Å². The van der Waals surface area contributed by atoms with Crippen LogP contribution in [-0.4, -0.2) is 35.0 Å². The van der Waals surface area contributed by atoms with Gasteiger partial charge in [-0.15, -0.1) is 0 Å². The number of hydrogen-bond acceptors (Lipinski definition) is 8. The van der Waals surface area contributed by atoms with Crippen molar-refractivity contribution in [3.8, 4) is 16.8 Å². The molecule has 0 saturated heterocycles. The van der Waals surface area contributed by atoms with Crippen LogP contribution in [0, 0.1) is 0 Å². The number of halogens is 1. The maximum atomic E-state index is 12.8. The van der Waals surface area contributed by atoms with Crippen molar-refractivity contribution in [2.24, 2.45) is 0 Å². The highest BCUT2D eigenvalue weighted by atomic mass is 35.5. The molecule has 0 aliphatic rings. The maximum absolute atomic E-state index is 12.8. The lowest BCUT2D eigenvalue weighted by atomic mass is 10.1. The van der Waals surface area contributed by atoms with E-state index in [0.717, 1.165) is 11.5 Å². The standard InChI is InChI=1S/C16H13ClN2O.C11H13N5O2S/c1-2-14-18-13-10-6-9-12(17)15(13)16(20)19(14)11-7-4-3-5-8-11;1-14-19(17,18)8-4-2-3-7(5-8)9-6-15-11(13)16-10(9)12/h3-10H,2H2,1H3;2-6,14H,1H3,(H4,12,13,15,16). The smallest absolute Gasteiger partial charge is 0.267 e. The van der Waals surface area contributed by atoms with E-state index in [0.29, 0.717) is 33.5 Å². The zero-order valence-electron chi connectivity index (χ0n) is 21.2. The number of rotatable bonds is 5. The number of nitrogens with one attached hydrogen (secondary N) is 1.